The first-order valence-electron chi connectivity index (χ1n) is 11.2. The average molecular weight is 553 g/mol. The zero-order chi connectivity index (χ0) is 28.5. The third-order valence-corrected chi connectivity index (χ3v) is 5.49. The predicted molar refractivity (Wildman–Crippen MR) is 117 cm³/mol. The standard InChI is InChI=1S/C18H23N5O.2C2HF3O2/c24-18(15-2-1-3-15)20-10-16-12-23-9-8-22(13-17(23)21-16)11-14-4-6-19-7-5-14;2*3-2(4,5)1(6)7/h4-7,12,15H,1-3,8-11,13H2,(H,20,24);2*(H,6,7). The van der Waals surface area contributed by atoms with Crippen molar-refractivity contribution in [2.75, 3.05) is 6.54 Å². The summed E-state index contributed by atoms with van der Waals surface area (Å²) < 4.78 is 65.7. The van der Waals surface area contributed by atoms with Crippen molar-refractivity contribution < 1.29 is 50.9 Å². The highest BCUT2D eigenvalue weighted by Crippen LogP contribution is 2.26. The van der Waals surface area contributed by atoms with Crippen molar-refractivity contribution in [2.45, 2.75) is 57.8 Å². The molecule has 10 nitrogen and oxygen atoms in total. The van der Waals surface area contributed by atoms with Crippen molar-refractivity contribution in [1.29, 1.82) is 0 Å². The lowest BCUT2D eigenvalue weighted by atomic mass is 9.85. The maximum Gasteiger partial charge on any atom is 0.490 e. The van der Waals surface area contributed by atoms with E-state index in [9.17, 15) is 31.1 Å². The number of alkyl halides is 6. The normalized spacial score (nSPS) is 15.5. The van der Waals surface area contributed by atoms with Crippen molar-refractivity contribution in [2.24, 2.45) is 5.92 Å². The first-order valence-corrected chi connectivity index (χ1v) is 11.2. The molecule has 0 spiro atoms. The number of carboxylic acids is 2. The molecule has 0 aromatic carbocycles. The van der Waals surface area contributed by atoms with Crippen molar-refractivity contribution in [3.8, 4) is 0 Å². The molecule has 0 unspecified atom stereocenters. The van der Waals surface area contributed by atoms with Crippen LogP contribution in [-0.4, -0.2) is 66.4 Å². The molecule has 1 aliphatic heterocycles. The zero-order valence-electron chi connectivity index (χ0n) is 19.8. The topological polar surface area (TPSA) is 138 Å². The minimum absolute atomic E-state index is 0.187. The molecule has 2 aromatic rings. The fraction of sp³-hybridized carbons (Fsp3) is 0.500. The Morgan fingerprint density at radius 1 is 0.974 bits per heavy atom. The van der Waals surface area contributed by atoms with Gasteiger partial charge in [0.25, 0.3) is 0 Å². The van der Waals surface area contributed by atoms with Gasteiger partial charge in [-0.1, -0.05) is 6.42 Å². The molecule has 3 heterocycles. The number of amides is 1. The van der Waals surface area contributed by atoms with Gasteiger partial charge in [0.15, 0.2) is 0 Å². The van der Waals surface area contributed by atoms with Gasteiger partial charge in [0.05, 0.1) is 18.8 Å². The molecule has 1 amide bonds. The molecule has 2 aliphatic rings. The van der Waals surface area contributed by atoms with Gasteiger partial charge >= 0.3 is 24.3 Å². The summed E-state index contributed by atoms with van der Waals surface area (Å²) in [7, 11) is 0. The number of halogens is 6. The highest BCUT2D eigenvalue weighted by atomic mass is 19.4. The van der Waals surface area contributed by atoms with E-state index in [4.69, 9.17) is 24.8 Å². The molecule has 2 aromatic heterocycles. The van der Waals surface area contributed by atoms with Gasteiger partial charge in [0, 0.05) is 44.1 Å². The minimum atomic E-state index is -5.08. The van der Waals surface area contributed by atoms with Crippen LogP contribution in [0.5, 0.6) is 0 Å². The highest BCUT2D eigenvalue weighted by molar-refractivity contribution is 5.79. The fourth-order valence-electron chi connectivity index (χ4n) is 3.32. The fourth-order valence-corrected chi connectivity index (χ4v) is 3.32. The van der Waals surface area contributed by atoms with E-state index in [1.165, 1.54) is 12.0 Å². The van der Waals surface area contributed by atoms with Gasteiger partial charge in [-0.25, -0.2) is 14.6 Å². The van der Waals surface area contributed by atoms with Gasteiger partial charge < -0.3 is 20.1 Å². The van der Waals surface area contributed by atoms with Crippen LogP contribution in [0.2, 0.25) is 0 Å². The molecule has 38 heavy (non-hydrogen) atoms. The van der Waals surface area contributed by atoms with Gasteiger partial charge in [-0.3, -0.25) is 14.7 Å². The number of hydrogen-bond donors (Lipinski definition) is 3. The number of rotatable bonds is 5. The number of aromatic nitrogens is 3. The van der Waals surface area contributed by atoms with Gasteiger partial charge in [-0.05, 0) is 30.5 Å². The SMILES string of the molecule is O=C(NCc1cn2c(n1)CN(Cc1ccncc1)CC2)C1CCC1.O=C(O)C(F)(F)F.O=C(O)C(F)(F)F. The van der Waals surface area contributed by atoms with Crippen molar-refractivity contribution in [3.63, 3.8) is 0 Å². The smallest absolute Gasteiger partial charge is 0.475 e. The van der Waals surface area contributed by atoms with Crippen LogP contribution in [0.15, 0.2) is 30.7 Å². The monoisotopic (exact) mass is 553 g/mol. The van der Waals surface area contributed by atoms with E-state index in [-0.39, 0.29) is 11.8 Å². The number of hydrogen-bond acceptors (Lipinski definition) is 6. The second kappa shape index (κ2) is 13.2. The summed E-state index contributed by atoms with van der Waals surface area (Å²) >= 11 is 0. The Hall–Kier alpha value is -3.69. The molecule has 4 rings (SSSR count). The molecule has 3 N–H and O–H groups in total. The Kier molecular flexibility index (Phi) is 10.6. The molecule has 1 saturated carbocycles. The van der Waals surface area contributed by atoms with Gasteiger partial charge in [0.2, 0.25) is 5.91 Å². The summed E-state index contributed by atoms with van der Waals surface area (Å²) in [5, 5.41) is 17.3. The number of carboxylic acid groups (broad SMARTS) is 2. The third kappa shape index (κ3) is 9.99. The minimum Gasteiger partial charge on any atom is -0.475 e. The molecule has 0 atom stereocenters. The average Bonchev–Trinajstić information content (AvgIpc) is 3.19. The number of nitrogens with one attached hydrogen (secondary N) is 1. The molecule has 1 fully saturated rings. The van der Waals surface area contributed by atoms with Crippen LogP contribution in [0, 0.1) is 5.92 Å². The third-order valence-electron chi connectivity index (χ3n) is 5.49. The quantitative estimate of drug-likeness (QED) is 0.481. The van der Waals surface area contributed by atoms with Gasteiger partial charge in [-0.2, -0.15) is 26.3 Å². The number of nitrogens with zero attached hydrogens (tertiary/aromatic N) is 4. The Balaban J connectivity index is 0.000000301. The predicted octanol–water partition coefficient (Wildman–Crippen LogP) is 2.98. The number of imidazole rings is 1. The lowest BCUT2D eigenvalue weighted by Gasteiger charge is -2.27. The van der Waals surface area contributed by atoms with E-state index in [1.54, 1.807) is 0 Å². The van der Waals surface area contributed by atoms with Crippen LogP contribution >= 0.6 is 0 Å². The number of fused-ring (bicyclic) bond motifs is 1. The Labute approximate surface area is 212 Å². The molecule has 1 aliphatic carbocycles. The van der Waals surface area contributed by atoms with Crippen LogP contribution < -0.4 is 5.32 Å². The second-order valence-electron chi connectivity index (χ2n) is 8.36. The molecular weight excluding hydrogens is 528 g/mol. The molecule has 16 heteroatoms. The summed E-state index contributed by atoms with van der Waals surface area (Å²) in [6, 6.07) is 4.12. The Morgan fingerprint density at radius 3 is 2.00 bits per heavy atom. The number of carbonyl (C=O) groups excluding carboxylic acids is 1. The van der Waals surface area contributed by atoms with Crippen LogP contribution in [-0.2, 0) is 40.6 Å². The van der Waals surface area contributed by atoms with Crippen LogP contribution in [0.1, 0.15) is 36.3 Å². The first kappa shape index (κ1) is 30.5. The molecule has 0 bridgehead atoms. The summed E-state index contributed by atoms with van der Waals surface area (Å²) in [4.78, 5) is 40.9. The van der Waals surface area contributed by atoms with Gasteiger partial charge in [-0.15, -0.1) is 0 Å². The lowest BCUT2D eigenvalue weighted by Crippen LogP contribution is -2.34. The lowest BCUT2D eigenvalue weighted by molar-refractivity contribution is -0.193. The second-order valence-corrected chi connectivity index (χ2v) is 8.36. The van der Waals surface area contributed by atoms with Crippen molar-refractivity contribution in [3.05, 3.63) is 47.8 Å². The van der Waals surface area contributed by atoms with Gasteiger partial charge in [0.1, 0.15) is 5.82 Å². The molecule has 0 saturated heterocycles. The summed E-state index contributed by atoms with van der Waals surface area (Å²) in [5.41, 5.74) is 2.24. The van der Waals surface area contributed by atoms with Crippen molar-refractivity contribution >= 4 is 17.8 Å². The van der Waals surface area contributed by atoms with Crippen LogP contribution in [0.4, 0.5) is 26.3 Å². The largest absolute Gasteiger partial charge is 0.490 e. The maximum atomic E-state index is 11.9. The number of carbonyl (C=O) groups is 3. The Bertz CT molecular complexity index is 1060. The van der Waals surface area contributed by atoms with E-state index < -0.39 is 24.3 Å². The Morgan fingerprint density at radius 2 is 1.53 bits per heavy atom. The van der Waals surface area contributed by atoms with E-state index >= 15 is 0 Å². The molecule has 210 valence electrons. The zero-order valence-corrected chi connectivity index (χ0v) is 19.8. The summed E-state index contributed by atoms with van der Waals surface area (Å²) in [6.45, 7) is 4.27. The maximum absolute atomic E-state index is 11.9. The van der Waals surface area contributed by atoms with E-state index in [0.717, 1.165) is 50.5 Å². The molecule has 0 radical (unpaired) electrons. The first-order chi connectivity index (χ1) is 17.7. The van der Waals surface area contributed by atoms with E-state index in [2.05, 4.69) is 38.1 Å². The summed E-state index contributed by atoms with van der Waals surface area (Å²) in [6.07, 6.45) is -1.15. The molecular formula is C22H25F6N5O5. The van der Waals surface area contributed by atoms with E-state index in [1.807, 2.05) is 12.4 Å². The summed E-state index contributed by atoms with van der Waals surface area (Å²) in [5.74, 6) is -4.01. The number of aliphatic carboxylic acids is 2. The van der Waals surface area contributed by atoms with Crippen LogP contribution in [0.25, 0.3) is 0 Å². The number of pyridine rings is 1. The van der Waals surface area contributed by atoms with E-state index in [0.29, 0.717) is 6.54 Å². The van der Waals surface area contributed by atoms with Crippen LogP contribution in [0.3, 0.4) is 0 Å². The highest BCUT2D eigenvalue weighted by Gasteiger charge is 2.38. The van der Waals surface area contributed by atoms with Crippen molar-refractivity contribution in [1.82, 2.24) is 24.8 Å².